The van der Waals surface area contributed by atoms with Gasteiger partial charge >= 0.3 is 0 Å². The maximum absolute atomic E-state index is 12.8. The molecule has 21 heavy (non-hydrogen) atoms. The summed E-state index contributed by atoms with van der Waals surface area (Å²) in [5.74, 6) is 2.07. The van der Waals surface area contributed by atoms with Gasteiger partial charge in [0.1, 0.15) is 0 Å². The summed E-state index contributed by atoms with van der Waals surface area (Å²) >= 11 is 0. The van der Waals surface area contributed by atoms with Crippen LogP contribution >= 0.6 is 0 Å². The summed E-state index contributed by atoms with van der Waals surface area (Å²) in [4.78, 5) is 12.8. The van der Waals surface area contributed by atoms with E-state index < -0.39 is 0 Å². The van der Waals surface area contributed by atoms with Crippen molar-refractivity contribution in [2.24, 2.45) is 11.3 Å². The Morgan fingerprint density at radius 1 is 1.29 bits per heavy atom. The van der Waals surface area contributed by atoms with Crippen LogP contribution in [0.5, 0.6) is 11.5 Å². The van der Waals surface area contributed by atoms with Crippen LogP contribution in [-0.4, -0.2) is 25.8 Å². The zero-order valence-corrected chi connectivity index (χ0v) is 12.0. The highest BCUT2D eigenvalue weighted by Gasteiger charge is 2.49. The number of hydrogen-bond donors (Lipinski definition) is 2. The third-order valence-corrected chi connectivity index (χ3v) is 5.12. The van der Waals surface area contributed by atoms with Crippen molar-refractivity contribution in [1.29, 1.82) is 0 Å². The second kappa shape index (κ2) is 4.91. The molecule has 2 fully saturated rings. The highest BCUT2D eigenvalue weighted by atomic mass is 16.7. The van der Waals surface area contributed by atoms with Gasteiger partial charge in [0.25, 0.3) is 0 Å². The van der Waals surface area contributed by atoms with Crippen molar-refractivity contribution in [2.45, 2.75) is 25.7 Å². The zero-order valence-electron chi connectivity index (χ0n) is 12.0. The predicted octanol–water partition coefficient (Wildman–Crippen LogP) is 2.13. The highest BCUT2D eigenvalue weighted by Crippen LogP contribution is 2.45. The molecule has 2 atom stereocenters. The lowest BCUT2D eigenvalue weighted by Gasteiger charge is -2.37. The third kappa shape index (κ3) is 2.07. The number of hydrogen-bond acceptors (Lipinski definition) is 4. The highest BCUT2D eigenvalue weighted by molar-refractivity contribution is 5.96. The standard InChI is InChI=1S/C16H20N2O3/c19-15(16-6-2-1-3-11(16)8-17-9-16)18-12-4-5-13-14(7-12)21-10-20-13/h4-5,7,11,17H,1-3,6,8-10H2,(H,18,19)/t11-,16+/m0/s1. The van der Waals surface area contributed by atoms with Gasteiger partial charge < -0.3 is 20.1 Å². The SMILES string of the molecule is O=C(Nc1ccc2c(c1)OCO2)[C@@]12CCCC[C@H]1CNC2. The van der Waals surface area contributed by atoms with E-state index in [9.17, 15) is 4.79 Å². The molecule has 0 radical (unpaired) electrons. The summed E-state index contributed by atoms with van der Waals surface area (Å²) in [7, 11) is 0. The molecule has 0 unspecified atom stereocenters. The molecule has 1 aromatic rings. The van der Waals surface area contributed by atoms with Crippen LogP contribution in [0, 0.1) is 11.3 Å². The molecule has 0 aromatic heterocycles. The monoisotopic (exact) mass is 288 g/mol. The Kier molecular flexibility index (Phi) is 3.03. The van der Waals surface area contributed by atoms with Crippen LogP contribution in [0.2, 0.25) is 0 Å². The van der Waals surface area contributed by atoms with Crippen molar-refractivity contribution in [3.63, 3.8) is 0 Å². The average molecular weight is 288 g/mol. The number of fused-ring (bicyclic) bond motifs is 2. The van der Waals surface area contributed by atoms with E-state index in [1.807, 2.05) is 18.2 Å². The fourth-order valence-electron chi connectivity index (χ4n) is 3.92. The number of ether oxygens (including phenoxy) is 2. The number of nitrogens with one attached hydrogen (secondary N) is 2. The summed E-state index contributed by atoms with van der Waals surface area (Å²) in [6.45, 7) is 2.02. The molecule has 5 nitrogen and oxygen atoms in total. The van der Waals surface area contributed by atoms with Crippen LogP contribution in [0.1, 0.15) is 25.7 Å². The molecule has 1 aliphatic carbocycles. The fraction of sp³-hybridized carbons (Fsp3) is 0.562. The Bertz CT molecular complexity index is 575. The molecule has 1 saturated heterocycles. The van der Waals surface area contributed by atoms with Gasteiger partial charge in [0.15, 0.2) is 11.5 Å². The Morgan fingerprint density at radius 2 is 2.19 bits per heavy atom. The molecule has 2 N–H and O–H groups in total. The van der Waals surface area contributed by atoms with Crippen LogP contribution < -0.4 is 20.1 Å². The molecular weight excluding hydrogens is 268 g/mol. The van der Waals surface area contributed by atoms with E-state index in [1.54, 1.807) is 0 Å². The Morgan fingerprint density at radius 3 is 3.14 bits per heavy atom. The molecule has 4 rings (SSSR count). The molecule has 2 aliphatic heterocycles. The Hall–Kier alpha value is -1.75. The Labute approximate surface area is 124 Å². The van der Waals surface area contributed by atoms with Crippen molar-refractivity contribution in [2.75, 3.05) is 25.2 Å². The van der Waals surface area contributed by atoms with Gasteiger partial charge in [-0.1, -0.05) is 12.8 Å². The number of rotatable bonds is 2. The summed E-state index contributed by atoms with van der Waals surface area (Å²) in [5.41, 5.74) is 0.559. The first-order chi connectivity index (χ1) is 10.3. The van der Waals surface area contributed by atoms with Gasteiger partial charge in [-0.2, -0.15) is 0 Å². The van der Waals surface area contributed by atoms with Crippen molar-refractivity contribution < 1.29 is 14.3 Å². The lowest BCUT2D eigenvalue weighted by molar-refractivity contribution is -0.128. The summed E-state index contributed by atoms with van der Waals surface area (Å²) < 4.78 is 10.7. The quantitative estimate of drug-likeness (QED) is 0.875. The van der Waals surface area contributed by atoms with Crippen LogP contribution in [-0.2, 0) is 4.79 Å². The minimum Gasteiger partial charge on any atom is -0.454 e. The maximum atomic E-state index is 12.8. The lowest BCUT2D eigenvalue weighted by Crippen LogP contribution is -2.44. The predicted molar refractivity (Wildman–Crippen MR) is 78.5 cm³/mol. The first kappa shape index (κ1) is 13.0. The van der Waals surface area contributed by atoms with Gasteiger partial charge in [-0.15, -0.1) is 0 Å². The maximum Gasteiger partial charge on any atom is 0.232 e. The number of anilines is 1. The van der Waals surface area contributed by atoms with Gasteiger partial charge in [0.05, 0.1) is 5.41 Å². The average Bonchev–Trinajstić information content (AvgIpc) is 3.13. The normalized spacial score (nSPS) is 30.0. The van der Waals surface area contributed by atoms with Gasteiger partial charge in [0.2, 0.25) is 12.7 Å². The van der Waals surface area contributed by atoms with E-state index in [4.69, 9.17) is 9.47 Å². The zero-order chi connectivity index (χ0) is 14.3. The van der Waals surface area contributed by atoms with Crippen LogP contribution in [0.25, 0.3) is 0 Å². The first-order valence-corrected chi connectivity index (χ1v) is 7.70. The van der Waals surface area contributed by atoms with E-state index in [0.29, 0.717) is 11.7 Å². The number of amides is 1. The topological polar surface area (TPSA) is 59.6 Å². The molecule has 1 amide bonds. The molecule has 5 heteroatoms. The molecule has 2 heterocycles. The van der Waals surface area contributed by atoms with Crippen molar-refractivity contribution in [1.82, 2.24) is 5.32 Å². The molecular formula is C16H20N2O3. The smallest absolute Gasteiger partial charge is 0.232 e. The third-order valence-electron chi connectivity index (χ3n) is 5.12. The number of benzene rings is 1. The van der Waals surface area contributed by atoms with E-state index >= 15 is 0 Å². The second-order valence-electron chi connectivity index (χ2n) is 6.25. The molecule has 0 bridgehead atoms. The first-order valence-electron chi connectivity index (χ1n) is 7.70. The van der Waals surface area contributed by atoms with E-state index in [1.165, 1.54) is 6.42 Å². The fourth-order valence-corrected chi connectivity index (χ4v) is 3.92. The molecule has 3 aliphatic rings. The minimum atomic E-state index is -0.228. The number of carbonyl (C=O) groups is 1. The van der Waals surface area contributed by atoms with Gasteiger partial charge in [-0.25, -0.2) is 0 Å². The van der Waals surface area contributed by atoms with Crippen LogP contribution in [0.15, 0.2) is 18.2 Å². The van der Waals surface area contributed by atoms with Crippen molar-refractivity contribution in [3.8, 4) is 11.5 Å². The summed E-state index contributed by atoms with van der Waals surface area (Å²) in [6.07, 6.45) is 4.53. The number of carbonyl (C=O) groups excluding carboxylic acids is 1. The van der Waals surface area contributed by atoms with Crippen molar-refractivity contribution in [3.05, 3.63) is 18.2 Å². The van der Waals surface area contributed by atoms with Gasteiger partial charge in [0, 0.05) is 18.3 Å². The van der Waals surface area contributed by atoms with Gasteiger partial charge in [-0.3, -0.25) is 4.79 Å². The summed E-state index contributed by atoms with van der Waals surface area (Å²) in [5, 5.41) is 6.50. The van der Waals surface area contributed by atoms with Crippen LogP contribution in [0.4, 0.5) is 5.69 Å². The Balaban J connectivity index is 1.55. The molecule has 1 saturated carbocycles. The largest absolute Gasteiger partial charge is 0.454 e. The minimum absolute atomic E-state index is 0.149. The van der Waals surface area contributed by atoms with Crippen LogP contribution in [0.3, 0.4) is 0 Å². The van der Waals surface area contributed by atoms with E-state index in [2.05, 4.69) is 10.6 Å². The second-order valence-corrected chi connectivity index (χ2v) is 6.25. The molecule has 112 valence electrons. The lowest BCUT2D eigenvalue weighted by atomic mass is 9.67. The molecule has 1 aromatic carbocycles. The van der Waals surface area contributed by atoms with Gasteiger partial charge in [-0.05, 0) is 37.4 Å². The van der Waals surface area contributed by atoms with Crippen molar-refractivity contribution >= 4 is 11.6 Å². The van der Waals surface area contributed by atoms with E-state index in [-0.39, 0.29) is 18.1 Å². The van der Waals surface area contributed by atoms with E-state index in [0.717, 1.165) is 43.8 Å². The summed E-state index contributed by atoms with van der Waals surface area (Å²) in [6, 6.07) is 5.57. The molecule has 0 spiro atoms.